The number of halogens is 1. The van der Waals surface area contributed by atoms with Crippen molar-refractivity contribution in [2.75, 3.05) is 5.33 Å². The molecule has 0 aliphatic heterocycles. The summed E-state index contributed by atoms with van der Waals surface area (Å²) in [6.45, 7) is 11.7. The Morgan fingerprint density at radius 3 is 2.00 bits per heavy atom. The molecular weight excluding hydrogens is 280 g/mol. The molecule has 0 aromatic heterocycles. The van der Waals surface area contributed by atoms with E-state index in [1.807, 2.05) is 0 Å². The summed E-state index contributed by atoms with van der Waals surface area (Å²) in [5.41, 5.74) is 0. The summed E-state index contributed by atoms with van der Waals surface area (Å²) in [5.74, 6) is 0.888. The predicted molar refractivity (Wildman–Crippen MR) is 77.8 cm³/mol. The van der Waals surface area contributed by atoms with Gasteiger partial charge >= 0.3 is 0 Å². The van der Waals surface area contributed by atoms with Gasteiger partial charge in [0, 0.05) is 11.4 Å². The Balaban J connectivity index is 2.45. The molecule has 16 heavy (non-hydrogen) atoms. The van der Waals surface area contributed by atoms with Gasteiger partial charge < -0.3 is 4.43 Å². The van der Waals surface area contributed by atoms with Crippen molar-refractivity contribution < 1.29 is 4.43 Å². The van der Waals surface area contributed by atoms with E-state index in [0.717, 1.165) is 5.92 Å². The van der Waals surface area contributed by atoms with E-state index in [4.69, 9.17) is 4.43 Å². The fourth-order valence-corrected chi connectivity index (χ4v) is 4.07. The van der Waals surface area contributed by atoms with E-state index >= 15 is 0 Å². The third-order valence-corrected chi connectivity index (χ3v) is 9.73. The maximum absolute atomic E-state index is 6.46. The third kappa shape index (κ3) is 3.85. The van der Waals surface area contributed by atoms with E-state index in [1.165, 1.54) is 31.0 Å². The molecule has 0 unspecified atom stereocenters. The minimum absolute atomic E-state index is 0.346. The molecule has 0 atom stereocenters. The summed E-state index contributed by atoms with van der Waals surface area (Å²) in [7, 11) is -1.54. The summed E-state index contributed by atoms with van der Waals surface area (Å²) >= 11 is 3.59. The van der Waals surface area contributed by atoms with Crippen LogP contribution in [0.1, 0.15) is 46.5 Å². The molecule has 1 nitrogen and oxygen atoms in total. The average Bonchev–Trinajstić information content (AvgIpc) is 2.16. The second-order valence-electron chi connectivity index (χ2n) is 6.68. The van der Waals surface area contributed by atoms with Crippen molar-refractivity contribution in [2.24, 2.45) is 5.92 Å². The van der Waals surface area contributed by atoms with Crippen LogP contribution in [0.2, 0.25) is 18.1 Å². The zero-order valence-corrected chi connectivity index (χ0v) is 14.1. The highest BCUT2D eigenvalue weighted by molar-refractivity contribution is 9.09. The van der Waals surface area contributed by atoms with Crippen LogP contribution in [0.3, 0.4) is 0 Å². The summed E-state index contributed by atoms with van der Waals surface area (Å²) in [6, 6.07) is 0. The number of rotatable bonds is 3. The molecule has 96 valence electrons. The van der Waals surface area contributed by atoms with Crippen molar-refractivity contribution in [1.82, 2.24) is 0 Å². The quantitative estimate of drug-likeness (QED) is 0.529. The number of hydrogen-bond donors (Lipinski definition) is 0. The minimum atomic E-state index is -1.54. The maximum atomic E-state index is 6.46. The highest BCUT2D eigenvalue weighted by Gasteiger charge is 2.39. The zero-order valence-electron chi connectivity index (χ0n) is 11.5. The Morgan fingerprint density at radius 1 is 1.12 bits per heavy atom. The van der Waals surface area contributed by atoms with Gasteiger partial charge in [0.15, 0.2) is 8.32 Å². The molecule has 1 aliphatic rings. The molecule has 1 fully saturated rings. The van der Waals surface area contributed by atoms with E-state index in [-0.39, 0.29) is 0 Å². The van der Waals surface area contributed by atoms with Gasteiger partial charge in [-0.15, -0.1) is 0 Å². The molecule has 1 saturated carbocycles. The zero-order chi connectivity index (χ0) is 12.4. The van der Waals surface area contributed by atoms with Crippen LogP contribution >= 0.6 is 15.9 Å². The lowest BCUT2D eigenvalue weighted by Crippen LogP contribution is -2.44. The molecule has 0 aromatic rings. The van der Waals surface area contributed by atoms with Gasteiger partial charge in [0.1, 0.15) is 0 Å². The van der Waals surface area contributed by atoms with Crippen molar-refractivity contribution in [3.63, 3.8) is 0 Å². The minimum Gasteiger partial charge on any atom is -0.414 e. The molecule has 0 N–H and O–H groups in total. The average molecular weight is 307 g/mol. The topological polar surface area (TPSA) is 9.23 Å². The molecule has 0 saturated heterocycles. The fraction of sp³-hybridized carbons (Fsp3) is 1.00. The van der Waals surface area contributed by atoms with Gasteiger partial charge in [-0.3, -0.25) is 0 Å². The second-order valence-corrected chi connectivity index (χ2v) is 12.1. The van der Waals surface area contributed by atoms with E-state index < -0.39 is 8.32 Å². The van der Waals surface area contributed by atoms with Gasteiger partial charge in [0.2, 0.25) is 0 Å². The lowest BCUT2D eigenvalue weighted by atomic mass is 9.89. The van der Waals surface area contributed by atoms with Gasteiger partial charge in [-0.2, -0.15) is 0 Å². The molecule has 1 rings (SSSR count). The second kappa shape index (κ2) is 5.53. The fourth-order valence-electron chi connectivity index (χ4n) is 2.00. The van der Waals surface area contributed by atoms with Crippen molar-refractivity contribution >= 4 is 24.2 Å². The van der Waals surface area contributed by atoms with Crippen molar-refractivity contribution in [1.29, 1.82) is 0 Å². The first-order chi connectivity index (χ1) is 7.26. The van der Waals surface area contributed by atoms with Gasteiger partial charge in [-0.25, -0.2) is 0 Å². The first-order valence-electron chi connectivity index (χ1n) is 6.50. The van der Waals surface area contributed by atoms with Crippen LogP contribution in [0.15, 0.2) is 0 Å². The summed E-state index contributed by atoms with van der Waals surface area (Å²) < 4.78 is 6.46. The number of hydrogen-bond acceptors (Lipinski definition) is 1. The van der Waals surface area contributed by atoms with Crippen LogP contribution in [0.5, 0.6) is 0 Å². The van der Waals surface area contributed by atoms with Crippen molar-refractivity contribution in [3.8, 4) is 0 Å². The Hall–Kier alpha value is 0.657. The van der Waals surface area contributed by atoms with Gasteiger partial charge in [-0.05, 0) is 49.7 Å². The Bertz CT molecular complexity index is 214. The molecule has 0 radical (unpaired) electrons. The molecule has 0 heterocycles. The molecule has 0 spiro atoms. The SMILES string of the molecule is CC(C)(C)[Si](C)(C)OC1CCC(CBr)CC1. The third-order valence-electron chi connectivity index (χ3n) is 4.28. The predicted octanol–water partition coefficient (Wildman–Crippen LogP) is 4.96. The molecule has 0 aromatic carbocycles. The first kappa shape index (κ1) is 14.7. The number of alkyl halides is 1. The Labute approximate surface area is 111 Å². The summed E-state index contributed by atoms with van der Waals surface area (Å²) in [6.07, 6.45) is 5.75. The van der Waals surface area contributed by atoms with Crippen LogP contribution in [0.25, 0.3) is 0 Å². The summed E-state index contributed by atoms with van der Waals surface area (Å²) in [4.78, 5) is 0. The Morgan fingerprint density at radius 2 is 1.62 bits per heavy atom. The molecular formula is C13H27BrOSi. The van der Waals surface area contributed by atoms with Gasteiger partial charge in [-0.1, -0.05) is 36.7 Å². The monoisotopic (exact) mass is 306 g/mol. The van der Waals surface area contributed by atoms with Crippen molar-refractivity contribution in [3.05, 3.63) is 0 Å². The van der Waals surface area contributed by atoms with E-state index in [1.54, 1.807) is 0 Å². The van der Waals surface area contributed by atoms with Crippen LogP contribution < -0.4 is 0 Å². The lowest BCUT2D eigenvalue weighted by Gasteiger charge is -2.41. The molecule has 1 aliphatic carbocycles. The van der Waals surface area contributed by atoms with Gasteiger partial charge in [0.05, 0.1) is 0 Å². The first-order valence-corrected chi connectivity index (χ1v) is 10.5. The van der Waals surface area contributed by atoms with Crippen LogP contribution in [-0.2, 0) is 4.43 Å². The molecule has 0 amide bonds. The summed E-state index contributed by atoms with van der Waals surface area (Å²) in [5, 5.41) is 1.51. The largest absolute Gasteiger partial charge is 0.414 e. The van der Waals surface area contributed by atoms with Crippen LogP contribution in [-0.4, -0.2) is 19.8 Å². The molecule has 3 heteroatoms. The highest BCUT2D eigenvalue weighted by atomic mass is 79.9. The van der Waals surface area contributed by atoms with E-state index in [2.05, 4.69) is 49.8 Å². The van der Waals surface area contributed by atoms with Crippen LogP contribution in [0.4, 0.5) is 0 Å². The maximum Gasteiger partial charge on any atom is 0.192 e. The van der Waals surface area contributed by atoms with Gasteiger partial charge in [0.25, 0.3) is 0 Å². The van der Waals surface area contributed by atoms with Crippen molar-refractivity contribution in [2.45, 2.75) is 70.7 Å². The van der Waals surface area contributed by atoms with Crippen LogP contribution in [0, 0.1) is 5.92 Å². The Kier molecular flexibility index (Phi) is 5.09. The lowest BCUT2D eigenvalue weighted by molar-refractivity contribution is 0.121. The smallest absolute Gasteiger partial charge is 0.192 e. The highest BCUT2D eigenvalue weighted by Crippen LogP contribution is 2.39. The molecule has 0 bridgehead atoms. The standard InChI is InChI=1S/C13H27BrOSi/c1-13(2,3)16(4,5)15-12-8-6-11(10-14)7-9-12/h11-12H,6-10H2,1-5H3. The van der Waals surface area contributed by atoms with E-state index in [0.29, 0.717) is 11.1 Å². The van der Waals surface area contributed by atoms with E-state index in [9.17, 15) is 0 Å². The normalized spacial score (nSPS) is 28.1.